The van der Waals surface area contributed by atoms with Crippen LogP contribution in [0.25, 0.3) is 82.8 Å². The highest BCUT2D eigenvalue weighted by atomic mass is 15.1. The molecule has 2 nitrogen and oxygen atoms in total. The molecular formula is C58H40N2. The third kappa shape index (κ3) is 6.51. The van der Waals surface area contributed by atoms with Crippen LogP contribution in [-0.4, -0.2) is 4.57 Å². The molecule has 0 atom stereocenters. The molecule has 0 aliphatic heterocycles. The van der Waals surface area contributed by atoms with E-state index in [1.807, 2.05) is 0 Å². The van der Waals surface area contributed by atoms with Gasteiger partial charge in [-0.05, 0) is 116 Å². The van der Waals surface area contributed by atoms with Gasteiger partial charge in [-0.1, -0.05) is 182 Å². The number of hydrogen-bond donors (Lipinski definition) is 0. The van der Waals surface area contributed by atoms with Crippen molar-refractivity contribution in [2.75, 3.05) is 4.90 Å². The summed E-state index contributed by atoms with van der Waals surface area (Å²) in [6, 6.07) is 87.8. The van der Waals surface area contributed by atoms with E-state index < -0.39 is 0 Å². The first-order valence-corrected chi connectivity index (χ1v) is 20.6. The fourth-order valence-corrected chi connectivity index (χ4v) is 8.73. The number of aromatic nitrogens is 1. The summed E-state index contributed by atoms with van der Waals surface area (Å²) in [5.74, 6) is 0. The van der Waals surface area contributed by atoms with Gasteiger partial charge < -0.3 is 9.47 Å². The third-order valence-corrected chi connectivity index (χ3v) is 11.8. The Hall–Kier alpha value is -7.94. The van der Waals surface area contributed by atoms with E-state index in [0.717, 1.165) is 22.7 Å². The zero-order valence-corrected chi connectivity index (χ0v) is 33.0. The van der Waals surface area contributed by atoms with E-state index >= 15 is 0 Å². The van der Waals surface area contributed by atoms with E-state index in [2.05, 4.69) is 252 Å². The molecule has 0 radical (unpaired) electrons. The van der Waals surface area contributed by atoms with E-state index in [4.69, 9.17) is 0 Å². The summed E-state index contributed by atoms with van der Waals surface area (Å²) < 4.78 is 2.39. The Bertz CT molecular complexity index is 3220. The fraction of sp³-hybridized carbons (Fsp3) is 0. The van der Waals surface area contributed by atoms with Crippen LogP contribution in [0.5, 0.6) is 0 Å². The summed E-state index contributed by atoms with van der Waals surface area (Å²) >= 11 is 0. The highest BCUT2D eigenvalue weighted by Gasteiger charge is 2.17. The fourth-order valence-electron chi connectivity index (χ4n) is 8.73. The molecule has 2 heteroatoms. The van der Waals surface area contributed by atoms with Gasteiger partial charge in [-0.15, -0.1) is 0 Å². The average Bonchev–Trinajstić information content (AvgIpc) is 3.67. The number of para-hydroxylation sites is 2. The summed E-state index contributed by atoms with van der Waals surface area (Å²) in [6.07, 6.45) is 0. The number of anilines is 3. The number of hydrogen-bond acceptors (Lipinski definition) is 1. The lowest BCUT2D eigenvalue weighted by atomic mass is 9.98. The molecule has 282 valence electrons. The molecule has 0 amide bonds. The Morgan fingerprint density at radius 2 is 0.667 bits per heavy atom. The molecule has 0 fully saturated rings. The van der Waals surface area contributed by atoms with E-state index in [-0.39, 0.29) is 0 Å². The molecule has 0 bridgehead atoms. The number of rotatable bonds is 8. The van der Waals surface area contributed by atoms with Crippen LogP contribution in [0, 0.1) is 0 Å². The topological polar surface area (TPSA) is 8.17 Å². The minimum Gasteiger partial charge on any atom is -0.310 e. The van der Waals surface area contributed by atoms with E-state index in [0.29, 0.717) is 0 Å². The smallest absolute Gasteiger partial charge is 0.0541 e. The number of fused-ring (bicyclic) bond motifs is 4. The quantitative estimate of drug-likeness (QED) is 0.150. The lowest BCUT2D eigenvalue weighted by molar-refractivity contribution is 1.17. The van der Waals surface area contributed by atoms with Crippen molar-refractivity contribution in [3.8, 4) is 50.2 Å². The molecule has 0 N–H and O–H groups in total. The van der Waals surface area contributed by atoms with Gasteiger partial charge in [-0.3, -0.25) is 0 Å². The first-order valence-electron chi connectivity index (χ1n) is 20.6. The predicted octanol–water partition coefficient (Wildman–Crippen LogP) is 16.1. The van der Waals surface area contributed by atoms with Crippen molar-refractivity contribution in [1.82, 2.24) is 4.57 Å². The SMILES string of the molecule is c1ccc(-c2ccc(-c3ccc(N(c4ccc(-c5ccc(-c6ccc7ccccc7c6)cc5)cc4)c4cccc(-n5c6ccccc6c6ccccc65)c4)cc3)cc2)cc1. The zero-order chi connectivity index (χ0) is 39.8. The van der Waals surface area contributed by atoms with Crippen molar-refractivity contribution in [3.63, 3.8) is 0 Å². The standard InChI is InChI=1S/C58H40N2/c1-2-11-41(12-3-1)43-21-23-44(24-22-43)46-31-35-51(36-32-46)59(53-15-10-16-54(40-53)60-57-19-8-6-17-55(57)56-18-7-9-20-58(56)60)52-37-33-47(34-38-52)45-25-27-48(28-26-45)50-30-29-42-13-4-5-14-49(42)39-50/h1-40H. The van der Waals surface area contributed by atoms with Crippen LogP contribution < -0.4 is 4.90 Å². The molecule has 0 saturated heterocycles. The summed E-state index contributed by atoms with van der Waals surface area (Å²) in [5, 5.41) is 5.02. The van der Waals surface area contributed by atoms with Gasteiger partial charge in [0.2, 0.25) is 0 Å². The Morgan fingerprint density at radius 3 is 1.22 bits per heavy atom. The second-order valence-corrected chi connectivity index (χ2v) is 15.4. The van der Waals surface area contributed by atoms with Crippen LogP contribution in [-0.2, 0) is 0 Å². The molecule has 11 aromatic rings. The van der Waals surface area contributed by atoms with Gasteiger partial charge in [0.1, 0.15) is 0 Å². The molecule has 11 rings (SSSR count). The molecule has 0 unspecified atom stereocenters. The molecule has 0 aliphatic carbocycles. The van der Waals surface area contributed by atoms with Crippen LogP contribution in [0.4, 0.5) is 17.1 Å². The first kappa shape index (κ1) is 35.2. The zero-order valence-electron chi connectivity index (χ0n) is 33.0. The average molecular weight is 765 g/mol. The summed E-state index contributed by atoms with van der Waals surface area (Å²) in [7, 11) is 0. The van der Waals surface area contributed by atoms with Gasteiger partial charge >= 0.3 is 0 Å². The van der Waals surface area contributed by atoms with Crippen LogP contribution in [0.3, 0.4) is 0 Å². The molecule has 10 aromatic carbocycles. The predicted molar refractivity (Wildman–Crippen MR) is 255 cm³/mol. The Morgan fingerprint density at radius 1 is 0.250 bits per heavy atom. The molecular weight excluding hydrogens is 725 g/mol. The highest BCUT2D eigenvalue weighted by Crippen LogP contribution is 2.40. The lowest BCUT2D eigenvalue weighted by Gasteiger charge is -2.26. The molecule has 0 saturated carbocycles. The third-order valence-electron chi connectivity index (χ3n) is 11.8. The Kier molecular flexibility index (Phi) is 8.87. The van der Waals surface area contributed by atoms with Gasteiger partial charge in [0.25, 0.3) is 0 Å². The molecule has 60 heavy (non-hydrogen) atoms. The van der Waals surface area contributed by atoms with Gasteiger partial charge in [-0.2, -0.15) is 0 Å². The summed E-state index contributed by atoms with van der Waals surface area (Å²) in [5.41, 5.74) is 16.4. The van der Waals surface area contributed by atoms with Crippen LogP contribution >= 0.6 is 0 Å². The van der Waals surface area contributed by atoms with Crippen LogP contribution in [0.15, 0.2) is 243 Å². The van der Waals surface area contributed by atoms with Crippen molar-refractivity contribution >= 4 is 49.6 Å². The van der Waals surface area contributed by atoms with Crippen molar-refractivity contribution in [3.05, 3.63) is 243 Å². The van der Waals surface area contributed by atoms with Gasteiger partial charge in [0, 0.05) is 33.5 Å². The highest BCUT2D eigenvalue weighted by molar-refractivity contribution is 6.09. The van der Waals surface area contributed by atoms with Gasteiger partial charge in [-0.25, -0.2) is 0 Å². The largest absolute Gasteiger partial charge is 0.310 e. The van der Waals surface area contributed by atoms with Crippen LogP contribution in [0.1, 0.15) is 0 Å². The minimum atomic E-state index is 1.09. The van der Waals surface area contributed by atoms with E-state index in [1.165, 1.54) is 77.1 Å². The number of nitrogens with zero attached hydrogens (tertiary/aromatic N) is 2. The molecule has 0 aliphatic rings. The van der Waals surface area contributed by atoms with Gasteiger partial charge in [0.15, 0.2) is 0 Å². The van der Waals surface area contributed by atoms with Gasteiger partial charge in [0.05, 0.1) is 11.0 Å². The van der Waals surface area contributed by atoms with Crippen LogP contribution in [0.2, 0.25) is 0 Å². The maximum Gasteiger partial charge on any atom is 0.0541 e. The van der Waals surface area contributed by atoms with Crippen molar-refractivity contribution in [1.29, 1.82) is 0 Å². The maximum atomic E-state index is 2.39. The second-order valence-electron chi connectivity index (χ2n) is 15.4. The monoisotopic (exact) mass is 764 g/mol. The normalized spacial score (nSPS) is 11.3. The van der Waals surface area contributed by atoms with E-state index in [1.54, 1.807) is 0 Å². The first-order chi connectivity index (χ1) is 29.7. The lowest BCUT2D eigenvalue weighted by Crippen LogP contribution is -2.10. The Labute approximate surface area is 350 Å². The molecule has 1 heterocycles. The Balaban J connectivity index is 0.959. The summed E-state index contributed by atoms with van der Waals surface area (Å²) in [6.45, 7) is 0. The second kappa shape index (κ2) is 15.1. The van der Waals surface area contributed by atoms with Crippen molar-refractivity contribution < 1.29 is 0 Å². The number of benzene rings is 10. The summed E-state index contributed by atoms with van der Waals surface area (Å²) in [4.78, 5) is 2.37. The van der Waals surface area contributed by atoms with E-state index in [9.17, 15) is 0 Å². The minimum absolute atomic E-state index is 1.09. The molecule has 0 spiro atoms. The van der Waals surface area contributed by atoms with Crippen molar-refractivity contribution in [2.45, 2.75) is 0 Å². The molecule has 1 aromatic heterocycles. The van der Waals surface area contributed by atoms with Crippen molar-refractivity contribution in [2.24, 2.45) is 0 Å². The maximum absolute atomic E-state index is 2.39.